The maximum absolute atomic E-state index is 9.90. The Morgan fingerprint density at radius 1 is 1.57 bits per heavy atom. The largest absolute Gasteiger partial charge is 0.367 e. The van der Waals surface area contributed by atoms with Gasteiger partial charge in [0.2, 0.25) is 0 Å². The molecule has 1 atom stereocenters. The van der Waals surface area contributed by atoms with Gasteiger partial charge in [-0.2, -0.15) is 0 Å². The monoisotopic (exact) mass is 101 g/mol. The molecule has 0 radical (unpaired) electrons. The zero-order valence-electron chi connectivity index (χ0n) is 3.34. The van der Waals surface area contributed by atoms with E-state index in [1.165, 1.54) is 0 Å². The van der Waals surface area contributed by atoms with Crippen LogP contribution in [0, 0.1) is 0 Å². The molecule has 4 heteroatoms. The van der Waals surface area contributed by atoms with Gasteiger partial charge in [0.1, 0.15) is 0 Å². The molecular weight excluding hydrogens is 98.0 g/mol. The van der Waals surface area contributed by atoms with Gasteiger partial charge >= 0.3 is 0 Å². The summed E-state index contributed by atoms with van der Waals surface area (Å²) in [6.07, 6.45) is -1.23. The van der Waals surface area contributed by atoms with Gasteiger partial charge in [-0.15, -0.1) is 0 Å². The number of aliphatic hydroxyl groups is 1. The van der Waals surface area contributed by atoms with Crippen LogP contribution in [0.5, 0.6) is 0 Å². The van der Waals surface area contributed by atoms with Crippen LogP contribution >= 0.6 is 0 Å². The van der Waals surface area contributed by atoms with Gasteiger partial charge in [-0.1, -0.05) is 0 Å². The predicted molar refractivity (Wildman–Crippen MR) is 19.2 cm³/mol. The van der Waals surface area contributed by atoms with E-state index < -0.39 is 17.9 Å². The number of ketones is 1. The zero-order chi connectivity index (χ0) is 5.44. The molecule has 7 heavy (non-hydrogen) atoms. The summed E-state index contributed by atoms with van der Waals surface area (Å²) in [6.45, 7) is 0. The SMILES string of the molecule is O=C1NC(O)C1=O. The molecule has 1 fully saturated rings. The summed E-state index contributed by atoms with van der Waals surface area (Å²) in [7, 11) is 0. The van der Waals surface area contributed by atoms with Crippen LogP contribution in [0.15, 0.2) is 0 Å². The molecule has 0 aromatic rings. The van der Waals surface area contributed by atoms with E-state index in [1.807, 2.05) is 5.32 Å². The van der Waals surface area contributed by atoms with Crippen LogP contribution in [0.1, 0.15) is 0 Å². The minimum absolute atomic E-state index is 0.701. The van der Waals surface area contributed by atoms with Gasteiger partial charge in [-0.05, 0) is 0 Å². The third kappa shape index (κ3) is 0.398. The summed E-state index contributed by atoms with van der Waals surface area (Å²) >= 11 is 0. The number of carbonyl (C=O) groups excluding carboxylic acids is 2. The molecular formula is C3H3NO3. The van der Waals surface area contributed by atoms with E-state index in [0.717, 1.165) is 0 Å². The molecule has 4 nitrogen and oxygen atoms in total. The second-order valence-corrected chi connectivity index (χ2v) is 1.24. The highest BCUT2D eigenvalue weighted by Crippen LogP contribution is 1.91. The van der Waals surface area contributed by atoms with Crippen LogP contribution in [-0.2, 0) is 9.59 Å². The van der Waals surface area contributed by atoms with Crippen molar-refractivity contribution in [2.45, 2.75) is 6.23 Å². The van der Waals surface area contributed by atoms with E-state index in [1.54, 1.807) is 0 Å². The van der Waals surface area contributed by atoms with E-state index in [9.17, 15) is 9.59 Å². The van der Waals surface area contributed by atoms with Crippen LogP contribution in [-0.4, -0.2) is 23.0 Å². The Bertz CT molecular complexity index is 130. The number of β-lactam (4-membered cyclic amide) rings is 1. The van der Waals surface area contributed by atoms with Crippen molar-refractivity contribution in [3.8, 4) is 0 Å². The van der Waals surface area contributed by atoms with Crippen molar-refractivity contribution in [1.29, 1.82) is 0 Å². The molecule has 38 valence electrons. The highest BCUT2D eigenvalue weighted by molar-refractivity contribution is 6.44. The van der Waals surface area contributed by atoms with E-state index in [2.05, 4.69) is 0 Å². The lowest BCUT2D eigenvalue weighted by molar-refractivity contribution is -0.155. The first kappa shape index (κ1) is 4.26. The fourth-order valence-electron chi connectivity index (χ4n) is 0.307. The number of amides is 1. The Morgan fingerprint density at radius 3 is 2.14 bits per heavy atom. The smallest absolute Gasteiger partial charge is 0.294 e. The number of Topliss-reactive ketones (excluding diaryl/α,β-unsaturated/α-hetero) is 1. The van der Waals surface area contributed by atoms with Crippen molar-refractivity contribution in [2.24, 2.45) is 0 Å². The number of aliphatic hydroxyl groups excluding tert-OH is 1. The molecule has 1 amide bonds. The summed E-state index contributed by atoms with van der Waals surface area (Å²) in [5.41, 5.74) is 0. The molecule has 0 aliphatic carbocycles. The normalized spacial score (nSPS) is 29.0. The lowest BCUT2D eigenvalue weighted by Gasteiger charge is -2.17. The van der Waals surface area contributed by atoms with Crippen molar-refractivity contribution in [1.82, 2.24) is 5.32 Å². The molecule has 1 aliphatic heterocycles. The van der Waals surface area contributed by atoms with Crippen molar-refractivity contribution in [3.63, 3.8) is 0 Å². The van der Waals surface area contributed by atoms with E-state index in [-0.39, 0.29) is 0 Å². The van der Waals surface area contributed by atoms with E-state index >= 15 is 0 Å². The number of carbonyl (C=O) groups is 2. The van der Waals surface area contributed by atoms with E-state index in [0.29, 0.717) is 0 Å². The first-order chi connectivity index (χ1) is 3.22. The minimum atomic E-state index is -1.23. The van der Waals surface area contributed by atoms with Crippen molar-refractivity contribution < 1.29 is 14.7 Å². The first-order valence-corrected chi connectivity index (χ1v) is 1.74. The Kier molecular flexibility index (Phi) is 0.631. The predicted octanol–water partition coefficient (Wildman–Crippen LogP) is -2.00. The Balaban J connectivity index is 2.60. The first-order valence-electron chi connectivity index (χ1n) is 1.74. The maximum Gasteiger partial charge on any atom is 0.294 e. The van der Waals surface area contributed by atoms with Crippen molar-refractivity contribution in [3.05, 3.63) is 0 Å². The maximum atomic E-state index is 9.90. The molecule has 0 bridgehead atoms. The molecule has 0 aromatic carbocycles. The number of rotatable bonds is 0. The number of hydrogen-bond acceptors (Lipinski definition) is 3. The van der Waals surface area contributed by atoms with Crippen molar-refractivity contribution in [2.75, 3.05) is 0 Å². The van der Waals surface area contributed by atoms with Crippen LogP contribution < -0.4 is 5.32 Å². The number of hydrogen-bond donors (Lipinski definition) is 2. The average molecular weight is 101 g/mol. The third-order valence-corrected chi connectivity index (χ3v) is 0.740. The second kappa shape index (κ2) is 1.04. The van der Waals surface area contributed by atoms with Crippen LogP contribution in [0.2, 0.25) is 0 Å². The summed E-state index contributed by atoms with van der Waals surface area (Å²) < 4.78 is 0. The highest BCUT2D eigenvalue weighted by atomic mass is 16.3. The van der Waals surface area contributed by atoms with Gasteiger partial charge in [-0.3, -0.25) is 9.59 Å². The minimum Gasteiger partial charge on any atom is -0.367 e. The number of nitrogens with one attached hydrogen (secondary N) is 1. The average Bonchev–Trinajstić information content (AvgIpc) is 1.68. The molecule has 0 aromatic heterocycles. The highest BCUT2D eigenvalue weighted by Gasteiger charge is 2.34. The van der Waals surface area contributed by atoms with E-state index in [4.69, 9.17) is 5.11 Å². The quantitative estimate of drug-likeness (QED) is 0.274. The van der Waals surface area contributed by atoms with Gasteiger partial charge in [0.05, 0.1) is 0 Å². The second-order valence-electron chi connectivity index (χ2n) is 1.24. The zero-order valence-corrected chi connectivity index (χ0v) is 3.34. The van der Waals surface area contributed by atoms with Crippen LogP contribution in [0.3, 0.4) is 0 Å². The molecule has 0 spiro atoms. The topological polar surface area (TPSA) is 66.4 Å². The lowest BCUT2D eigenvalue weighted by atomic mass is 10.2. The van der Waals surface area contributed by atoms with Gasteiger partial charge in [0, 0.05) is 0 Å². The van der Waals surface area contributed by atoms with Gasteiger partial charge in [0.15, 0.2) is 6.23 Å². The van der Waals surface area contributed by atoms with Crippen LogP contribution in [0.4, 0.5) is 0 Å². The molecule has 1 rings (SSSR count). The molecule has 1 aliphatic rings. The summed E-state index contributed by atoms with van der Waals surface area (Å²) in [5.74, 6) is -1.45. The fraction of sp³-hybridized carbons (Fsp3) is 0.333. The third-order valence-electron chi connectivity index (χ3n) is 0.740. The van der Waals surface area contributed by atoms with Gasteiger partial charge in [0.25, 0.3) is 11.7 Å². The standard InChI is InChI=1S/C3H3NO3/c5-1-2(6)4-3(1)7/h2,6H,(H,4,7). The molecule has 2 N–H and O–H groups in total. The summed E-state index contributed by atoms with van der Waals surface area (Å²) in [5, 5.41) is 10.1. The summed E-state index contributed by atoms with van der Waals surface area (Å²) in [4.78, 5) is 19.7. The molecule has 1 heterocycles. The lowest BCUT2D eigenvalue weighted by Crippen LogP contribution is -2.58. The fourth-order valence-corrected chi connectivity index (χ4v) is 0.307. The van der Waals surface area contributed by atoms with Gasteiger partial charge in [-0.25, -0.2) is 0 Å². The Hall–Kier alpha value is -0.900. The van der Waals surface area contributed by atoms with Crippen LogP contribution in [0.25, 0.3) is 0 Å². The molecule has 1 saturated heterocycles. The van der Waals surface area contributed by atoms with Gasteiger partial charge < -0.3 is 10.4 Å². The molecule has 1 unspecified atom stereocenters. The van der Waals surface area contributed by atoms with Crippen molar-refractivity contribution >= 4 is 11.7 Å². The summed E-state index contributed by atoms with van der Waals surface area (Å²) in [6, 6.07) is 0. The Morgan fingerprint density at radius 2 is 2.14 bits per heavy atom. The Labute approximate surface area is 39.1 Å². The molecule has 0 saturated carbocycles.